The van der Waals surface area contributed by atoms with Gasteiger partial charge in [0.25, 0.3) is 0 Å². The number of anilines is 1. The van der Waals surface area contributed by atoms with E-state index < -0.39 is 0 Å². The third kappa shape index (κ3) is 6.87. The molecule has 0 fully saturated rings. The Labute approximate surface area is 121 Å². The minimum absolute atomic E-state index is 0.950. The van der Waals surface area contributed by atoms with Gasteiger partial charge in [-0.15, -0.1) is 10.2 Å². The number of hydrogen-bond donors (Lipinski definition) is 1. The first-order valence-corrected chi connectivity index (χ1v) is 8.40. The van der Waals surface area contributed by atoms with E-state index in [1.165, 1.54) is 38.8 Å². The highest BCUT2D eigenvalue weighted by Gasteiger charge is 2.09. The number of unbranched alkanes of at least 4 members (excludes halogenated alkanes) is 2. The fraction of sp³-hybridized carbons (Fsp3) is 0.857. The Morgan fingerprint density at radius 3 is 2.26 bits per heavy atom. The highest BCUT2D eigenvalue weighted by molar-refractivity contribution is 7.15. The van der Waals surface area contributed by atoms with Crippen LogP contribution in [0.4, 0.5) is 5.13 Å². The van der Waals surface area contributed by atoms with E-state index in [1.807, 2.05) is 0 Å². The van der Waals surface area contributed by atoms with Crippen molar-refractivity contribution in [2.24, 2.45) is 0 Å². The van der Waals surface area contributed by atoms with E-state index in [9.17, 15) is 0 Å². The molecule has 0 aliphatic rings. The van der Waals surface area contributed by atoms with E-state index in [2.05, 4.69) is 41.2 Å². The highest BCUT2D eigenvalue weighted by Crippen LogP contribution is 2.17. The predicted octanol–water partition coefficient (Wildman–Crippen LogP) is 3.76. The molecule has 0 aliphatic heterocycles. The quantitative estimate of drug-likeness (QED) is 0.671. The average molecular weight is 284 g/mol. The van der Waals surface area contributed by atoms with Gasteiger partial charge < -0.3 is 5.32 Å². The van der Waals surface area contributed by atoms with Crippen LogP contribution in [0.2, 0.25) is 0 Å². The Morgan fingerprint density at radius 2 is 1.68 bits per heavy atom. The Morgan fingerprint density at radius 1 is 1.00 bits per heavy atom. The summed E-state index contributed by atoms with van der Waals surface area (Å²) in [5, 5.41) is 13.9. The molecule has 0 aliphatic carbocycles. The maximum Gasteiger partial charge on any atom is 0.205 e. The first-order chi connectivity index (χ1) is 9.30. The van der Waals surface area contributed by atoms with Crippen molar-refractivity contribution in [1.29, 1.82) is 0 Å². The molecule has 1 aromatic heterocycles. The van der Waals surface area contributed by atoms with Gasteiger partial charge in [-0.1, -0.05) is 44.9 Å². The molecule has 0 unspecified atom stereocenters. The third-order valence-electron chi connectivity index (χ3n) is 3.01. The van der Waals surface area contributed by atoms with Crippen molar-refractivity contribution in [3.63, 3.8) is 0 Å². The molecule has 0 radical (unpaired) electrons. The van der Waals surface area contributed by atoms with Crippen LogP contribution in [0.3, 0.4) is 0 Å². The van der Waals surface area contributed by atoms with Crippen molar-refractivity contribution in [2.75, 3.05) is 25.0 Å². The summed E-state index contributed by atoms with van der Waals surface area (Å²) in [5.41, 5.74) is 0. The zero-order valence-corrected chi connectivity index (χ0v) is 13.4. The molecule has 1 N–H and O–H groups in total. The number of hydrogen-bond acceptors (Lipinski definition) is 5. The second-order valence-electron chi connectivity index (χ2n) is 4.91. The van der Waals surface area contributed by atoms with Crippen LogP contribution in [0, 0.1) is 0 Å². The Bertz CT molecular complexity index is 319. The topological polar surface area (TPSA) is 41.1 Å². The molecular weight excluding hydrogens is 256 g/mol. The van der Waals surface area contributed by atoms with E-state index in [0.29, 0.717) is 0 Å². The van der Waals surface area contributed by atoms with Crippen molar-refractivity contribution in [1.82, 2.24) is 15.1 Å². The van der Waals surface area contributed by atoms with Crippen LogP contribution in [-0.4, -0.2) is 34.7 Å². The summed E-state index contributed by atoms with van der Waals surface area (Å²) in [6.45, 7) is 10.9. The van der Waals surface area contributed by atoms with Crippen molar-refractivity contribution >= 4 is 16.5 Å². The van der Waals surface area contributed by atoms with E-state index in [-0.39, 0.29) is 0 Å². The fourth-order valence-electron chi connectivity index (χ4n) is 1.85. The molecule has 0 aromatic carbocycles. The van der Waals surface area contributed by atoms with Crippen molar-refractivity contribution in [2.45, 2.75) is 59.4 Å². The largest absolute Gasteiger partial charge is 0.360 e. The molecule has 1 heterocycles. The summed E-state index contributed by atoms with van der Waals surface area (Å²) in [6, 6.07) is 0. The van der Waals surface area contributed by atoms with Crippen LogP contribution >= 0.6 is 11.3 Å². The van der Waals surface area contributed by atoms with E-state index in [1.54, 1.807) is 11.3 Å². The molecule has 0 amide bonds. The van der Waals surface area contributed by atoms with Gasteiger partial charge in [0.05, 0.1) is 6.54 Å². The van der Waals surface area contributed by atoms with Gasteiger partial charge in [0.15, 0.2) is 0 Å². The Hall–Kier alpha value is -0.680. The highest BCUT2D eigenvalue weighted by atomic mass is 32.1. The normalized spacial score (nSPS) is 11.2. The molecule has 1 aromatic rings. The van der Waals surface area contributed by atoms with Crippen LogP contribution in [0.25, 0.3) is 0 Å². The van der Waals surface area contributed by atoms with Gasteiger partial charge in [0.2, 0.25) is 5.13 Å². The summed E-state index contributed by atoms with van der Waals surface area (Å²) in [4.78, 5) is 2.51. The molecule has 4 nitrogen and oxygen atoms in total. The first-order valence-electron chi connectivity index (χ1n) is 7.58. The molecule has 0 spiro atoms. The van der Waals surface area contributed by atoms with Gasteiger partial charge in [0.1, 0.15) is 5.01 Å². The van der Waals surface area contributed by atoms with Gasteiger partial charge in [0, 0.05) is 6.54 Å². The summed E-state index contributed by atoms with van der Waals surface area (Å²) < 4.78 is 0. The Kier molecular flexibility index (Phi) is 8.75. The summed E-state index contributed by atoms with van der Waals surface area (Å²) in [6.07, 6.45) is 6.16. The van der Waals surface area contributed by atoms with E-state index in [0.717, 1.165) is 29.6 Å². The van der Waals surface area contributed by atoms with Gasteiger partial charge in [-0.05, 0) is 32.4 Å². The average Bonchev–Trinajstić information content (AvgIpc) is 2.87. The van der Waals surface area contributed by atoms with Gasteiger partial charge in [-0.2, -0.15) is 0 Å². The maximum absolute atomic E-state index is 4.29. The monoisotopic (exact) mass is 284 g/mol. The molecule has 19 heavy (non-hydrogen) atoms. The molecule has 0 bridgehead atoms. The van der Waals surface area contributed by atoms with Crippen LogP contribution in [-0.2, 0) is 6.54 Å². The fourth-order valence-corrected chi connectivity index (χ4v) is 2.65. The van der Waals surface area contributed by atoms with Crippen molar-refractivity contribution in [3.8, 4) is 0 Å². The summed E-state index contributed by atoms with van der Waals surface area (Å²) in [7, 11) is 0. The number of aromatic nitrogens is 2. The van der Waals surface area contributed by atoms with E-state index >= 15 is 0 Å². The van der Waals surface area contributed by atoms with Crippen molar-refractivity contribution in [3.05, 3.63) is 5.01 Å². The second-order valence-corrected chi connectivity index (χ2v) is 5.97. The van der Waals surface area contributed by atoms with Crippen LogP contribution in [0.1, 0.15) is 57.9 Å². The third-order valence-corrected chi connectivity index (χ3v) is 3.87. The predicted molar refractivity (Wildman–Crippen MR) is 83.8 cm³/mol. The number of rotatable bonds is 11. The molecule has 1 rings (SSSR count). The second kappa shape index (κ2) is 10.1. The lowest BCUT2D eigenvalue weighted by Gasteiger charge is -2.20. The van der Waals surface area contributed by atoms with Crippen LogP contribution < -0.4 is 5.32 Å². The minimum atomic E-state index is 0.950. The lowest BCUT2D eigenvalue weighted by atomic mass is 10.2. The Balaban J connectivity index is 2.44. The van der Waals surface area contributed by atoms with Gasteiger partial charge in [-0.3, -0.25) is 4.90 Å². The molecule has 110 valence electrons. The smallest absolute Gasteiger partial charge is 0.205 e. The van der Waals surface area contributed by atoms with E-state index in [4.69, 9.17) is 0 Å². The lowest BCUT2D eigenvalue weighted by molar-refractivity contribution is 0.256. The van der Waals surface area contributed by atoms with Crippen molar-refractivity contribution < 1.29 is 0 Å². The zero-order valence-electron chi connectivity index (χ0n) is 12.6. The molecule has 0 atom stereocenters. The zero-order chi connectivity index (χ0) is 13.9. The lowest BCUT2D eigenvalue weighted by Crippen LogP contribution is -2.25. The van der Waals surface area contributed by atoms with Gasteiger partial charge in [-0.25, -0.2) is 0 Å². The summed E-state index contributed by atoms with van der Waals surface area (Å²) in [5.74, 6) is 0. The molecule has 0 saturated heterocycles. The number of nitrogens with one attached hydrogen (secondary N) is 1. The molecule has 0 saturated carbocycles. The first kappa shape index (κ1) is 16.4. The van der Waals surface area contributed by atoms with Gasteiger partial charge >= 0.3 is 0 Å². The van der Waals surface area contributed by atoms with Crippen LogP contribution in [0.15, 0.2) is 0 Å². The molecule has 5 heteroatoms. The minimum Gasteiger partial charge on any atom is -0.360 e. The summed E-state index contributed by atoms with van der Waals surface area (Å²) >= 11 is 1.69. The molecular formula is C14H28N4S. The SMILES string of the molecule is CCCCN(CCCC)Cc1nnc(NCCC)s1. The number of nitrogens with zero attached hydrogens (tertiary/aromatic N) is 3. The standard InChI is InChI=1S/C14H28N4S/c1-4-7-10-18(11-8-5-2)12-13-16-17-14(19-13)15-9-6-3/h4-12H2,1-3H3,(H,15,17). The maximum atomic E-state index is 4.29. The van der Waals surface area contributed by atoms with Crippen LogP contribution in [0.5, 0.6) is 0 Å².